The summed E-state index contributed by atoms with van der Waals surface area (Å²) in [7, 11) is 0. The normalized spacial score (nSPS) is 13.8. The molecule has 1 N–H and O–H groups in total. The zero-order chi connectivity index (χ0) is 22.8. The molecule has 1 heterocycles. The van der Waals surface area contributed by atoms with Crippen LogP contribution in [0.4, 0.5) is 11.4 Å². The summed E-state index contributed by atoms with van der Waals surface area (Å²) in [5.41, 5.74) is 4.75. The maximum Gasteiger partial charge on any atom is 0.282 e. The Morgan fingerprint density at radius 2 is 1.44 bits per heavy atom. The molecule has 0 fully saturated rings. The molecule has 0 spiro atoms. The minimum absolute atomic E-state index is 0.0378. The van der Waals surface area contributed by atoms with Crippen LogP contribution in [0.2, 0.25) is 0 Å². The standard InChI is InChI=1S/C27H26N2O3/c1-17(2)32-23-12-10-22(11-13-23)29-26(30)24(20-8-6-5-7-9-20)25(27(29)31)28-21-15-18(3)14-19(4)16-21/h5-17,28H,1-4H3. The molecular formula is C27H26N2O3. The van der Waals surface area contributed by atoms with Gasteiger partial charge in [0.2, 0.25) is 0 Å². The van der Waals surface area contributed by atoms with Gasteiger partial charge in [-0.1, -0.05) is 36.4 Å². The van der Waals surface area contributed by atoms with Crippen molar-refractivity contribution in [1.29, 1.82) is 0 Å². The van der Waals surface area contributed by atoms with E-state index in [1.54, 1.807) is 24.3 Å². The van der Waals surface area contributed by atoms with Gasteiger partial charge in [-0.25, -0.2) is 4.90 Å². The Bertz CT molecular complexity index is 1180. The van der Waals surface area contributed by atoms with Crippen molar-refractivity contribution in [1.82, 2.24) is 0 Å². The Kier molecular flexibility index (Phi) is 5.82. The molecule has 3 aromatic rings. The van der Waals surface area contributed by atoms with Gasteiger partial charge in [0.1, 0.15) is 11.4 Å². The average Bonchev–Trinajstić information content (AvgIpc) is 2.98. The lowest BCUT2D eigenvalue weighted by molar-refractivity contribution is -0.120. The van der Waals surface area contributed by atoms with E-state index in [-0.39, 0.29) is 23.6 Å². The van der Waals surface area contributed by atoms with Crippen LogP contribution in [-0.4, -0.2) is 17.9 Å². The summed E-state index contributed by atoms with van der Waals surface area (Å²) < 4.78 is 5.69. The van der Waals surface area contributed by atoms with Crippen LogP contribution >= 0.6 is 0 Å². The first kappa shape index (κ1) is 21.4. The van der Waals surface area contributed by atoms with Gasteiger partial charge < -0.3 is 10.1 Å². The lowest BCUT2D eigenvalue weighted by Gasteiger charge is -2.17. The number of carbonyl (C=O) groups is 2. The molecule has 0 radical (unpaired) electrons. The van der Waals surface area contributed by atoms with E-state index in [0.717, 1.165) is 16.8 Å². The second kappa shape index (κ2) is 8.71. The molecule has 0 saturated heterocycles. The van der Waals surface area contributed by atoms with Crippen molar-refractivity contribution >= 4 is 28.8 Å². The van der Waals surface area contributed by atoms with Crippen molar-refractivity contribution in [2.45, 2.75) is 33.8 Å². The van der Waals surface area contributed by atoms with E-state index in [2.05, 4.69) is 11.4 Å². The molecule has 5 nitrogen and oxygen atoms in total. The minimum atomic E-state index is -0.384. The molecule has 0 aliphatic carbocycles. The number of hydrogen-bond acceptors (Lipinski definition) is 4. The van der Waals surface area contributed by atoms with Gasteiger partial charge in [0.15, 0.2) is 0 Å². The molecule has 0 saturated carbocycles. The number of nitrogens with zero attached hydrogens (tertiary/aromatic N) is 1. The smallest absolute Gasteiger partial charge is 0.282 e. The number of imide groups is 1. The van der Waals surface area contributed by atoms with Gasteiger partial charge in [-0.2, -0.15) is 0 Å². The van der Waals surface area contributed by atoms with E-state index < -0.39 is 0 Å². The quantitative estimate of drug-likeness (QED) is 0.530. The first-order valence-electron chi connectivity index (χ1n) is 10.6. The predicted molar refractivity (Wildman–Crippen MR) is 128 cm³/mol. The maximum atomic E-state index is 13.5. The number of ether oxygens (including phenoxy) is 1. The highest BCUT2D eigenvalue weighted by atomic mass is 16.5. The van der Waals surface area contributed by atoms with Crippen LogP contribution in [0.25, 0.3) is 5.57 Å². The Balaban J connectivity index is 1.75. The number of aryl methyl sites for hydroxylation is 2. The summed E-state index contributed by atoms with van der Waals surface area (Å²) in [4.78, 5) is 28.2. The Morgan fingerprint density at radius 1 is 0.812 bits per heavy atom. The van der Waals surface area contributed by atoms with Gasteiger partial charge in [-0.05, 0) is 80.8 Å². The molecule has 1 aliphatic rings. The fraction of sp³-hybridized carbons (Fsp3) is 0.185. The van der Waals surface area contributed by atoms with Gasteiger partial charge in [-0.3, -0.25) is 9.59 Å². The second-order valence-corrected chi connectivity index (χ2v) is 8.22. The van der Waals surface area contributed by atoms with E-state index >= 15 is 0 Å². The van der Waals surface area contributed by atoms with E-state index in [9.17, 15) is 9.59 Å². The molecule has 0 unspecified atom stereocenters. The summed E-state index contributed by atoms with van der Waals surface area (Å²) in [5.74, 6) is -0.0520. The molecule has 4 rings (SSSR count). The van der Waals surface area contributed by atoms with E-state index in [4.69, 9.17) is 4.74 Å². The number of benzene rings is 3. The molecule has 0 bridgehead atoms. The SMILES string of the molecule is Cc1cc(C)cc(NC2=C(c3ccccc3)C(=O)N(c3ccc(OC(C)C)cc3)C2=O)c1. The second-order valence-electron chi connectivity index (χ2n) is 8.22. The lowest BCUT2D eigenvalue weighted by atomic mass is 10.0. The summed E-state index contributed by atoms with van der Waals surface area (Å²) in [6, 6.07) is 22.3. The summed E-state index contributed by atoms with van der Waals surface area (Å²) in [5, 5.41) is 3.23. The Labute approximate surface area is 188 Å². The Morgan fingerprint density at radius 3 is 2.03 bits per heavy atom. The molecule has 3 aromatic carbocycles. The number of carbonyl (C=O) groups excluding carboxylic acids is 2. The van der Waals surface area contributed by atoms with E-state index in [1.807, 2.05) is 70.2 Å². The molecular weight excluding hydrogens is 400 g/mol. The third-order valence-corrected chi connectivity index (χ3v) is 5.10. The zero-order valence-electron chi connectivity index (χ0n) is 18.7. The van der Waals surface area contributed by atoms with Gasteiger partial charge in [0, 0.05) is 5.69 Å². The van der Waals surface area contributed by atoms with Crippen molar-refractivity contribution in [2.75, 3.05) is 10.2 Å². The van der Waals surface area contributed by atoms with Crippen LogP contribution in [0.3, 0.4) is 0 Å². The molecule has 1 aliphatic heterocycles. The largest absolute Gasteiger partial charge is 0.491 e. The summed E-state index contributed by atoms with van der Waals surface area (Å²) in [6.07, 6.45) is 0.0378. The van der Waals surface area contributed by atoms with Crippen molar-refractivity contribution in [2.24, 2.45) is 0 Å². The first-order valence-corrected chi connectivity index (χ1v) is 10.6. The molecule has 0 aromatic heterocycles. The first-order chi connectivity index (χ1) is 15.3. The van der Waals surface area contributed by atoms with Crippen LogP contribution in [-0.2, 0) is 9.59 Å². The van der Waals surface area contributed by atoms with Crippen molar-refractivity contribution in [3.8, 4) is 5.75 Å². The zero-order valence-corrected chi connectivity index (χ0v) is 18.7. The van der Waals surface area contributed by atoms with Crippen LogP contribution in [0.5, 0.6) is 5.75 Å². The monoisotopic (exact) mass is 426 g/mol. The highest BCUT2D eigenvalue weighted by Gasteiger charge is 2.40. The van der Waals surface area contributed by atoms with Crippen LogP contribution in [0.1, 0.15) is 30.5 Å². The number of nitrogens with one attached hydrogen (secondary N) is 1. The third kappa shape index (κ3) is 4.28. The fourth-order valence-electron chi connectivity index (χ4n) is 3.89. The van der Waals surface area contributed by atoms with Crippen LogP contribution in [0, 0.1) is 13.8 Å². The van der Waals surface area contributed by atoms with E-state index in [0.29, 0.717) is 22.6 Å². The molecule has 162 valence electrons. The molecule has 32 heavy (non-hydrogen) atoms. The van der Waals surface area contributed by atoms with Crippen LogP contribution in [0.15, 0.2) is 78.5 Å². The highest BCUT2D eigenvalue weighted by Crippen LogP contribution is 2.34. The Hall–Kier alpha value is -3.86. The van der Waals surface area contributed by atoms with Crippen LogP contribution < -0.4 is 15.0 Å². The van der Waals surface area contributed by atoms with Crippen molar-refractivity contribution in [3.05, 3.63) is 95.2 Å². The number of hydrogen-bond donors (Lipinski definition) is 1. The molecule has 0 atom stereocenters. The minimum Gasteiger partial charge on any atom is -0.491 e. The predicted octanol–water partition coefficient (Wildman–Crippen LogP) is 5.49. The van der Waals surface area contributed by atoms with E-state index in [1.165, 1.54) is 4.90 Å². The average molecular weight is 427 g/mol. The molecule has 2 amide bonds. The molecule has 5 heteroatoms. The topological polar surface area (TPSA) is 58.6 Å². The number of rotatable bonds is 6. The highest BCUT2D eigenvalue weighted by molar-refractivity contribution is 6.46. The maximum absolute atomic E-state index is 13.5. The lowest BCUT2D eigenvalue weighted by Crippen LogP contribution is -2.32. The summed E-state index contributed by atoms with van der Waals surface area (Å²) >= 11 is 0. The third-order valence-electron chi connectivity index (χ3n) is 5.10. The van der Waals surface area contributed by atoms with Gasteiger partial charge in [-0.15, -0.1) is 0 Å². The van der Waals surface area contributed by atoms with Gasteiger partial charge in [0.25, 0.3) is 11.8 Å². The van der Waals surface area contributed by atoms with Crippen molar-refractivity contribution in [3.63, 3.8) is 0 Å². The fourth-order valence-corrected chi connectivity index (χ4v) is 3.89. The summed E-state index contributed by atoms with van der Waals surface area (Å²) in [6.45, 7) is 7.89. The van der Waals surface area contributed by atoms with Crippen molar-refractivity contribution < 1.29 is 14.3 Å². The number of amides is 2. The van der Waals surface area contributed by atoms with Gasteiger partial charge >= 0.3 is 0 Å². The number of anilines is 2. The van der Waals surface area contributed by atoms with Gasteiger partial charge in [0.05, 0.1) is 17.4 Å².